The van der Waals surface area contributed by atoms with Crippen LogP contribution in [-0.4, -0.2) is 33.7 Å². The van der Waals surface area contributed by atoms with Gasteiger partial charge >= 0.3 is 0 Å². The number of halogens is 1. The number of hydrogen-bond acceptors (Lipinski definition) is 3. The molecule has 0 unspecified atom stereocenters. The van der Waals surface area contributed by atoms with Gasteiger partial charge in [-0.1, -0.05) is 30.3 Å². The normalized spacial score (nSPS) is 31.0. The Kier molecular flexibility index (Phi) is 5.02. The van der Waals surface area contributed by atoms with Crippen LogP contribution >= 0.6 is 11.6 Å². The molecule has 0 spiro atoms. The number of aliphatic hydroxyl groups is 2. The minimum atomic E-state index is -0.829. The van der Waals surface area contributed by atoms with E-state index in [9.17, 15) is 15.0 Å². The smallest absolute Gasteiger partial charge is 0.220 e. The van der Waals surface area contributed by atoms with Crippen molar-refractivity contribution in [2.24, 2.45) is 5.92 Å². The number of carbonyl (C=O) groups is 1. The van der Waals surface area contributed by atoms with Crippen LogP contribution in [0.1, 0.15) is 31.4 Å². The summed E-state index contributed by atoms with van der Waals surface area (Å²) < 4.78 is 0. The summed E-state index contributed by atoms with van der Waals surface area (Å²) in [5.74, 6) is -0.671. The van der Waals surface area contributed by atoms with Crippen molar-refractivity contribution in [1.82, 2.24) is 5.32 Å². The highest BCUT2D eigenvalue weighted by molar-refractivity contribution is 6.21. The standard InChI is InChI=1S/C15H20ClNO3/c1-9(10-5-3-2-4-6-10)17-14(19)7-11-13(18)8-12(16)15(11)20/h2-6,9,11-13,15,18,20H,7-8H2,1H3,(H,17,19)/t9-,11+,12+,13+,15+/m1/s1. The van der Waals surface area contributed by atoms with Crippen molar-refractivity contribution in [2.45, 2.75) is 43.4 Å². The van der Waals surface area contributed by atoms with Crippen LogP contribution in [0, 0.1) is 5.92 Å². The third-order valence-corrected chi connectivity index (χ3v) is 4.30. The lowest BCUT2D eigenvalue weighted by Gasteiger charge is -2.20. The molecule has 2 rings (SSSR count). The van der Waals surface area contributed by atoms with Gasteiger partial charge in [-0.3, -0.25) is 4.79 Å². The van der Waals surface area contributed by atoms with Gasteiger partial charge in [-0.05, 0) is 18.9 Å². The zero-order valence-corrected chi connectivity index (χ0v) is 12.1. The summed E-state index contributed by atoms with van der Waals surface area (Å²) in [6.07, 6.45) is -1.13. The van der Waals surface area contributed by atoms with E-state index in [0.717, 1.165) is 5.56 Å². The number of benzene rings is 1. The highest BCUT2D eigenvalue weighted by Crippen LogP contribution is 2.32. The Morgan fingerprint density at radius 3 is 2.60 bits per heavy atom. The Hall–Kier alpha value is -1.10. The average Bonchev–Trinajstić information content (AvgIpc) is 2.66. The SMILES string of the molecule is C[C@@H](NC(=O)C[C@@H]1[C@H](O)[C@@H](Cl)C[C@@H]1O)c1ccccc1. The molecule has 0 radical (unpaired) electrons. The summed E-state index contributed by atoms with van der Waals surface area (Å²) in [4.78, 5) is 12.0. The lowest BCUT2D eigenvalue weighted by Crippen LogP contribution is -2.34. The first-order valence-electron chi connectivity index (χ1n) is 6.83. The highest BCUT2D eigenvalue weighted by atomic mass is 35.5. The van der Waals surface area contributed by atoms with Crippen LogP contribution < -0.4 is 5.32 Å². The van der Waals surface area contributed by atoms with Gasteiger partial charge in [0.2, 0.25) is 5.91 Å². The van der Waals surface area contributed by atoms with Crippen LogP contribution in [0.5, 0.6) is 0 Å². The van der Waals surface area contributed by atoms with Gasteiger partial charge in [0.05, 0.1) is 23.6 Å². The Morgan fingerprint density at radius 2 is 2.05 bits per heavy atom. The molecule has 1 amide bonds. The van der Waals surface area contributed by atoms with Gasteiger partial charge in [0.25, 0.3) is 0 Å². The number of hydrogen-bond donors (Lipinski definition) is 3. The van der Waals surface area contributed by atoms with Crippen LogP contribution in [0.3, 0.4) is 0 Å². The van der Waals surface area contributed by atoms with Crippen molar-refractivity contribution < 1.29 is 15.0 Å². The van der Waals surface area contributed by atoms with Crippen molar-refractivity contribution in [3.63, 3.8) is 0 Å². The van der Waals surface area contributed by atoms with Crippen LogP contribution in [-0.2, 0) is 4.79 Å². The summed E-state index contributed by atoms with van der Waals surface area (Å²) in [5.41, 5.74) is 1.02. The fourth-order valence-corrected chi connectivity index (χ4v) is 3.01. The van der Waals surface area contributed by atoms with E-state index in [2.05, 4.69) is 5.32 Å². The number of nitrogens with one attached hydrogen (secondary N) is 1. The van der Waals surface area contributed by atoms with Gasteiger partial charge < -0.3 is 15.5 Å². The molecule has 0 aliphatic heterocycles. The van der Waals surface area contributed by atoms with E-state index < -0.39 is 23.5 Å². The molecule has 1 aliphatic carbocycles. The molecule has 0 aromatic heterocycles. The first kappa shape index (κ1) is 15.3. The second-order valence-corrected chi connectivity index (χ2v) is 5.94. The van der Waals surface area contributed by atoms with E-state index in [1.54, 1.807) is 0 Å². The number of alkyl halides is 1. The summed E-state index contributed by atoms with van der Waals surface area (Å²) in [7, 11) is 0. The molecule has 4 nitrogen and oxygen atoms in total. The van der Waals surface area contributed by atoms with Gasteiger partial charge in [0.1, 0.15) is 0 Å². The molecule has 0 heterocycles. The van der Waals surface area contributed by atoms with Crippen LogP contribution in [0.25, 0.3) is 0 Å². The minimum Gasteiger partial charge on any atom is -0.393 e. The fourth-order valence-electron chi connectivity index (χ4n) is 2.64. The maximum Gasteiger partial charge on any atom is 0.220 e. The van der Waals surface area contributed by atoms with Crippen molar-refractivity contribution in [3.05, 3.63) is 35.9 Å². The molecule has 1 fully saturated rings. The van der Waals surface area contributed by atoms with Crippen molar-refractivity contribution in [1.29, 1.82) is 0 Å². The molecule has 1 aromatic rings. The van der Waals surface area contributed by atoms with E-state index in [4.69, 9.17) is 11.6 Å². The van der Waals surface area contributed by atoms with E-state index in [1.165, 1.54) is 0 Å². The Bertz CT molecular complexity index is 454. The number of carbonyl (C=O) groups excluding carboxylic acids is 1. The Labute approximate surface area is 123 Å². The number of amides is 1. The third-order valence-electron chi connectivity index (χ3n) is 3.87. The van der Waals surface area contributed by atoms with Crippen LogP contribution in [0.15, 0.2) is 30.3 Å². The summed E-state index contributed by atoms with van der Waals surface area (Å²) in [6, 6.07) is 9.54. The zero-order valence-electron chi connectivity index (χ0n) is 11.4. The second-order valence-electron chi connectivity index (χ2n) is 5.38. The number of rotatable bonds is 4. The third kappa shape index (κ3) is 3.51. The maximum atomic E-state index is 12.0. The molecule has 0 bridgehead atoms. The molecule has 20 heavy (non-hydrogen) atoms. The highest BCUT2D eigenvalue weighted by Gasteiger charge is 2.41. The predicted molar refractivity (Wildman–Crippen MR) is 77.4 cm³/mol. The molecule has 1 saturated carbocycles. The summed E-state index contributed by atoms with van der Waals surface area (Å²) in [6.45, 7) is 1.90. The lowest BCUT2D eigenvalue weighted by molar-refractivity contribution is -0.124. The largest absolute Gasteiger partial charge is 0.393 e. The molecule has 3 N–H and O–H groups in total. The van der Waals surface area contributed by atoms with E-state index >= 15 is 0 Å². The monoisotopic (exact) mass is 297 g/mol. The summed E-state index contributed by atoms with van der Waals surface area (Å²) >= 11 is 5.90. The van der Waals surface area contributed by atoms with Crippen molar-refractivity contribution in [3.8, 4) is 0 Å². The molecule has 0 saturated heterocycles. The van der Waals surface area contributed by atoms with Crippen molar-refractivity contribution in [2.75, 3.05) is 0 Å². The molecule has 5 heteroatoms. The van der Waals surface area contributed by atoms with Gasteiger partial charge in [0.15, 0.2) is 0 Å². The maximum absolute atomic E-state index is 12.0. The molecular weight excluding hydrogens is 278 g/mol. The first-order chi connectivity index (χ1) is 9.49. The molecule has 110 valence electrons. The van der Waals surface area contributed by atoms with Crippen molar-refractivity contribution >= 4 is 17.5 Å². The minimum absolute atomic E-state index is 0.0860. The van der Waals surface area contributed by atoms with Crippen LogP contribution in [0.4, 0.5) is 0 Å². The zero-order chi connectivity index (χ0) is 14.7. The molecular formula is C15H20ClNO3. The fraction of sp³-hybridized carbons (Fsp3) is 0.533. The lowest BCUT2D eigenvalue weighted by atomic mass is 9.98. The Balaban J connectivity index is 1.90. The molecule has 1 aromatic carbocycles. The van der Waals surface area contributed by atoms with Gasteiger partial charge in [-0.25, -0.2) is 0 Å². The van der Waals surface area contributed by atoms with E-state index in [1.807, 2.05) is 37.3 Å². The predicted octanol–water partition coefficient (Wildman–Crippen LogP) is 1.60. The van der Waals surface area contributed by atoms with Gasteiger partial charge in [-0.15, -0.1) is 11.6 Å². The Morgan fingerprint density at radius 1 is 1.40 bits per heavy atom. The average molecular weight is 298 g/mol. The first-order valence-corrected chi connectivity index (χ1v) is 7.27. The van der Waals surface area contributed by atoms with E-state index in [0.29, 0.717) is 6.42 Å². The summed E-state index contributed by atoms with van der Waals surface area (Å²) in [5, 5.41) is 22.1. The molecule has 1 aliphatic rings. The topological polar surface area (TPSA) is 69.6 Å². The van der Waals surface area contributed by atoms with Gasteiger partial charge in [0, 0.05) is 12.3 Å². The molecule has 5 atom stereocenters. The quantitative estimate of drug-likeness (QED) is 0.740. The van der Waals surface area contributed by atoms with Gasteiger partial charge in [-0.2, -0.15) is 0 Å². The second kappa shape index (κ2) is 6.57. The van der Waals surface area contributed by atoms with Crippen LogP contribution in [0.2, 0.25) is 0 Å². The number of aliphatic hydroxyl groups excluding tert-OH is 2. The van der Waals surface area contributed by atoms with E-state index in [-0.39, 0.29) is 18.4 Å².